The lowest BCUT2D eigenvalue weighted by Gasteiger charge is -2.29. The summed E-state index contributed by atoms with van der Waals surface area (Å²) in [5.74, 6) is 1.22. The highest BCUT2D eigenvalue weighted by molar-refractivity contribution is 7.89. The molecule has 7 nitrogen and oxygen atoms in total. The molecular formula is C19H28N2O5S. The second-order valence-corrected chi connectivity index (χ2v) is 9.24. The Balaban J connectivity index is 1.60. The van der Waals surface area contributed by atoms with E-state index in [1.54, 1.807) is 14.2 Å². The summed E-state index contributed by atoms with van der Waals surface area (Å²) >= 11 is 0. The Morgan fingerprint density at radius 2 is 1.78 bits per heavy atom. The highest BCUT2D eigenvalue weighted by atomic mass is 32.2. The minimum absolute atomic E-state index is 0.0106. The molecule has 1 aliphatic carbocycles. The van der Waals surface area contributed by atoms with Gasteiger partial charge in [0, 0.05) is 25.6 Å². The summed E-state index contributed by atoms with van der Waals surface area (Å²) < 4.78 is 37.5. The summed E-state index contributed by atoms with van der Waals surface area (Å²) in [6.07, 6.45) is 4.61. The summed E-state index contributed by atoms with van der Waals surface area (Å²) in [5.41, 5.74) is 2.01. The van der Waals surface area contributed by atoms with Crippen molar-refractivity contribution in [2.24, 2.45) is 5.92 Å². The molecule has 0 aromatic heterocycles. The zero-order valence-electron chi connectivity index (χ0n) is 16.0. The number of hydrogen-bond donors (Lipinski definition) is 1. The third-order valence-corrected chi connectivity index (χ3v) is 7.28. The van der Waals surface area contributed by atoms with E-state index in [1.807, 2.05) is 12.1 Å². The standard InChI is InChI=1S/C19H28N2O5S/c1-25-17-11-15-7-9-21(13-16(15)12-18(17)26-2)27(23,24)10-8-20-19(22)14-5-3-4-6-14/h11-12,14H,3-10,13H2,1-2H3,(H,20,22). The number of amides is 1. The number of nitrogens with one attached hydrogen (secondary N) is 1. The van der Waals surface area contributed by atoms with Gasteiger partial charge >= 0.3 is 0 Å². The van der Waals surface area contributed by atoms with E-state index in [0.717, 1.165) is 36.8 Å². The van der Waals surface area contributed by atoms with Gasteiger partial charge < -0.3 is 14.8 Å². The van der Waals surface area contributed by atoms with Gasteiger partial charge in [-0.15, -0.1) is 0 Å². The normalized spacial score (nSPS) is 18.1. The van der Waals surface area contributed by atoms with E-state index in [1.165, 1.54) is 4.31 Å². The fourth-order valence-corrected chi connectivity index (χ4v) is 5.18. The molecule has 1 fully saturated rings. The molecule has 150 valence electrons. The molecule has 1 saturated carbocycles. The molecule has 1 amide bonds. The van der Waals surface area contributed by atoms with E-state index in [4.69, 9.17) is 9.47 Å². The number of methoxy groups -OCH3 is 2. The highest BCUT2D eigenvalue weighted by Gasteiger charge is 2.28. The molecule has 1 heterocycles. The first-order valence-corrected chi connectivity index (χ1v) is 11.0. The molecule has 1 aromatic carbocycles. The van der Waals surface area contributed by atoms with Crippen LogP contribution in [-0.4, -0.2) is 51.7 Å². The van der Waals surface area contributed by atoms with Gasteiger partial charge in [0.1, 0.15) is 0 Å². The van der Waals surface area contributed by atoms with Crippen LogP contribution in [0.2, 0.25) is 0 Å². The molecule has 1 N–H and O–H groups in total. The van der Waals surface area contributed by atoms with E-state index < -0.39 is 10.0 Å². The molecule has 0 radical (unpaired) electrons. The molecule has 0 spiro atoms. The summed E-state index contributed by atoms with van der Waals surface area (Å²) in [5, 5.41) is 2.79. The van der Waals surface area contributed by atoms with Crippen molar-refractivity contribution in [2.75, 3.05) is 33.1 Å². The molecule has 1 aromatic rings. The van der Waals surface area contributed by atoms with Crippen molar-refractivity contribution in [3.63, 3.8) is 0 Å². The largest absolute Gasteiger partial charge is 0.493 e. The van der Waals surface area contributed by atoms with Gasteiger partial charge in [0.2, 0.25) is 15.9 Å². The van der Waals surface area contributed by atoms with E-state index >= 15 is 0 Å². The van der Waals surface area contributed by atoms with Crippen LogP contribution in [0, 0.1) is 5.92 Å². The minimum Gasteiger partial charge on any atom is -0.493 e. The first-order chi connectivity index (χ1) is 12.9. The second kappa shape index (κ2) is 8.48. The van der Waals surface area contributed by atoms with Gasteiger partial charge in [-0.1, -0.05) is 12.8 Å². The van der Waals surface area contributed by atoms with E-state index in [-0.39, 0.29) is 24.1 Å². The molecule has 1 aliphatic heterocycles. The van der Waals surface area contributed by atoms with Gasteiger partial charge in [0.25, 0.3) is 0 Å². The average Bonchev–Trinajstić information content (AvgIpc) is 3.21. The summed E-state index contributed by atoms with van der Waals surface area (Å²) in [4.78, 5) is 12.1. The van der Waals surface area contributed by atoms with Crippen molar-refractivity contribution in [1.82, 2.24) is 9.62 Å². The monoisotopic (exact) mass is 396 g/mol. The summed E-state index contributed by atoms with van der Waals surface area (Å²) in [6, 6.07) is 3.76. The fourth-order valence-electron chi connectivity index (χ4n) is 3.86. The van der Waals surface area contributed by atoms with Gasteiger partial charge in [-0.3, -0.25) is 4.79 Å². The number of carbonyl (C=O) groups excluding carboxylic acids is 1. The number of sulfonamides is 1. The maximum atomic E-state index is 12.7. The summed E-state index contributed by atoms with van der Waals surface area (Å²) in [6.45, 7) is 0.906. The quantitative estimate of drug-likeness (QED) is 0.758. The Kier molecular flexibility index (Phi) is 6.26. The molecular weight excluding hydrogens is 368 g/mol. The predicted octanol–water partition coefficient (Wildman–Crippen LogP) is 1.70. The average molecular weight is 397 g/mol. The third kappa shape index (κ3) is 4.55. The smallest absolute Gasteiger partial charge is 0.223 e. The van der Waals surface area contributed by atoms with E-state index in [0.29, 0.717) is 31.0 Å². The van der Waals surface area contributed by atoms with Crippen LogP contribution in [0.1, 0.15) is 36.8 Å². The van der Waals surface area contributed by atoms with Gasteiger partial charge in [-0.05, 0) is 42.5 Å². The SMILES string of the molecule is COc1cc2c(cc1OC)CN(S(=O)(=O)CCNC(=O)C1CCCC1)CC2. The molecule has 0 bridgehead atoms. The van der Waals surface area contributed by atoms with Gasteiger partial charge in [0.15, 0.2) is 11.5 Å². The Morgan fingerprint density at radius 1 is 1.15 bits per heavy atom. The van der Waals surface area contributed by atoms with Crippen LogP contribution in [0.5, 0.6) is 11.5 Å². The van der Waals surface area contributed by atoms with E-state index in [9.17, 15) is 13.2 Å². The molecule has 2 aliphatic rings. The third-order valence-electron chi connectivity index (χ3n) is 5.46. The molecule has 27 heavy (non-hydrogen) atoms. The second-order valence-electron chi connectivity index (χ2n) is 7.15. The van der Waals surface area contributed by atoms with Crippen LogP contribution in [0.3, 0.4) is 0 Å². The fraction of sp³-hybridized carbons (Fsp3) is 0.632. The number of nitrogens with zero attached hydrogens (tertiary/aromatic N) is 1. The van der Waals surface area contributed by atoms with E-state index in [2.05, 4.69) is 5.32 Å². The lowest BCUT2D eigenvalue weighted by Crippen LogP contribution is -2.41. The predicted molar refractivity (Wildman–Crippen MR) is 102 cm³/mol. The van der Waals surface area contributed by atoms with Crippen LogP contribution in [0.15, 0.2) is 12.1 Å². The zero-order valence-corrected chi connectivity index (χ0v) is 16.8. The van der Waals surface area contributed by atoms with Crippen LogP contribution < -0.4 is 14.8 Å². The Bertz CT molecular complexity index is 788. The number of fused-ring (bicyclic) bond motifs is 1. The van der Waals surface area contributed by atoms with Crippen LogP contribution >= 0.6 is 0 Å². The first kappa shape index (κ1) is 19.9. The van der Waals surface area contributed by atoms with Crippen LogP contribution in [-0.2, 0) is 27.8 Å². The molecule has 0 unspecified atom stereocenters. The zero-order chi connectivity index (χ0) is 19.4. The van der Waals surface area contributed by atoms with Crippen LogP contribution in [0.4, 0.5) is 0 Å². The van der Waals surface area contributed by atoms with Crippen LogP contribution in [0.25, 0.3) is 0 Å². The number of hydrogen-bond acceptors (Lipinski definition) is 5. The molecule has 8 heteroatoms. The molecule has 3 rings (SSSR count). The van der Waals surface area contributed by atoms with Crippen molar-refractivity contribution < 1.29 is 22.7 Å². The van der Waals surface area contributed by atoms with Crippen molar-refractivity contribution in [1.29, 1.82) is 0 Å². The first-order valence-electron chi connectivity index (χ1n) is 9.44. The lowest BCUT2D eigenvalue weighted by atomic mass is 10.0. The van der Waals surface area contributed by atoms with Gasteiger partial charge in [-0.2, -0.15) is 4.31 Å². The van der Waals surface area contributed by atoms with Crippen molar-refractivity contribution in [3.05, 3.63) is 23.3 Å². The Labute approximate surface area is 161 Å². The van der Waals surface area contributed by atoms with Crippen molar-refractivity contribution in [3.8, 4) is 11.5 Å². The lowest BCUT2D eigenvalue weighted by molar-refractivity contribution is -0.124. The van der Waals surface area contributed by atoms with Gasteiger partial charge in [0.05, 0.1) is 20.0 Å². The minimum atomic E-state index is -3.43. The molecule has 0 atom stereocenters. The van der Waals surface area contributed by atoms with Gasteiger partial charge in [-0.25, -0.2) is 8.42 Å². The maximum absolute atomic E-state index is 12.7. The maximum Gasteiger partial charge on any atom is 0.223 e. The number of benzene rings is 1. The summed E-state index contributed by atoms with van der Waals surface area (Å²) in [7, 11) is -0.283. The Hall–Kier alpha value is -1.80. The Morgan fingerprint density at radius 3 is 2.41 bits per heavy atom. The number of carbonyl (C=O) groups is 1. The number of rotatable bonds is 7. The molecule has 0 saturated heterocycles. The number of ether oxygens (including phenoxy) is 2. The topological polar surface area (TPSA) is 84.9 Å². The van der Waals surface area contributed by atoms with Crippen molar-refractivity contribution in [2.45, 2.75) is 38.6 Å². The highest BCUT2D eigenvalue weighted by Crippen LogP contribution is 2.33. The van der Waals surface area contributed by atoms with Crippen molar-refractivity contribution >= 4 is 15.9 Å².